The topological polar surface area (TPSA) is 55.2 Å². The number of halogens is 2. The molecular formula is C21H21Cl2N3O2. The maximum atomic E-state index is 13.2. The van der Waals surface area contributed by atoms with Gasteiger partial charge in [-0.3, -0.25) is 9.59 Å². The molecule has 0 bridgehead atoms. The summed E-state index contributed by atoms with van der Waals surface area (Å²) in [6.45, 7) is 4.74. The number of fused-ring (bicyclic) bond motifs is 1. The van der Waals surface area contributed by atoms with Crippen LogP contribution in [0.15, 0.2) is 47.3 Å². The Morgan fingerprint density at radius 3 is 2.46 bits per heavy atom. The lowest BCUT2D eigenvalue weighted by atomic mass is 10.1. The molecule has 1 amide bonds. The molecule has 0 saturated heterocycles. The summed E-state index contributed by atoms with van der Waals surface area (Å²) in [4.78, 5) is 27.4. The summed E-state index contributed by atoms with van der Waals surface area (Å²) in [5.41, 5.74) is 0.842. The van der Waals surface area contributed by atoms with E-state index in [1.54, 1.807) is 49.5 Å². The van der Waals surface area contributed by atoms with Gasteiger partial charge in [-0.15, -0.1) is 0 Å². The van der Waals surface area contributed by atoms with Crippen molar-refractivity contribution in [2.45, 2.75) is 26.9 Å². The van der Waals surface area contributed by atoms with Crippen molar-refractivity contribution in [2.75, 3.05) is 7.05 Å². The first-order valence-electron chi connectivity index (χ1n) is 8.97. The molecule has 3 rings (SSSR count). The number of hydrogen-bond acceptors (Lipinski definition) is 3. The normalized spacial score (nSPS) is 11.2. The molecule has 2 aromatic carbocycles. The Morgan fingerprint density at radius 2 is 1.82 bits per heavy atom. The Hall–Kier alpha value is -2.37. The number of amides is 1. The fraction of sp³-hybridized carbons (Fsp3) is 0.286. The van der Waals surface area contributed by atoms with E-state index in [4.69, 9.17) is 23.2 Å². The van der Waals surface area contributed by atoms with Crippen molar-refractivity contribution in [1.29, 1.82) is 0 Å². The van der Waals surface area contributed by atoms with E-state index in [2.05, 4.69) is 5.10 Å². The fourth-order valence-corrected chi connectivity index (χ4v) is 3.49. The van der Waals surface area contributed by atoms with Gasteiger partial charge < -0.3 is 4.90 Å². The zero-order chi connectivity index (χ0) is 20.4. The second-order valence-electron chi connectivity index (χ2n) is 7.17. The number of benzene rings is 2. The third-order valence-corrected chi connectivity index (χ3v) is 4.96. The van der Waals surface area contributed by atoms with Crippen LogP contribution in [0.5, 0.6) is 0 Å². The van der Waals surface area contributed by atoms with Crippen LogP contribution in [0.2, 0.25) is 10.0 Å². The van der Waals surface area contributed by atoms with Crippen LogP contribution in [0, 0.1) is 5.92 Å². The highest BCUT2D eigenvalue weighted by molar-refractivity contribution is 6.35. The SMILES string of the molecule is CC(C)Cn1nc(C(=O)N(C)Cc2ccc(Cl)cc2Cl)c2ccccc2c1=O. The molecular weight excluding hydrogens is 397 g/mol. The number of hydrogen-bond donors (Lipinski definition) is 0. The average molecular weight is 418 g/mol. The smallest absolute Gasteiger partial charge is 0.274 e. The van der Waals surface area contributed by atoms with Crippen molar-refractivity contribution >= 4 is 39.9 Å². The highest BCUT2D eigenvalue weighted by Gasteiger charge is 2.21. The molecule has 0 unspecified atom stereocenters. The Kier molecular flexibility index (Phi) is 6.06. The van der Waals surface area contributed by atoms with E-state index < -0.39 is 0 Å². The molecule has 1 aromatic heterocycles. The van der Waals surface area contributed by atoms with Gasteiger partial charge in [-0.05, 0) is 29.7 Å². The number of nitrogens with zero attached hydrogens (tertiary/aromatic N) is 3. The lowest BCUT2D eigenvalue weighted by Crippen LogP contribution is -2.32. The Labute approximate surface area is 173 Å². The highest BCUT2D eigenvalue weighted by atomic mass is 35.5. The molecule has 0 N–H and O–H groups in total. The van der Waals surface area contributed by atoms with Crippen molar-refractivity contribution in [2.24, 2.45) is 5.92 Å². The van der Waals surface area contributed by atoms with E-state index in [1.165, 1.54) is 9.58 Å². The molecule has 28 heavy (non-hydrogen) atoms. The maximum Gasteiger partial charge on any atom is 0.274 e. The molecule has 1 heterocycles. The van der Waals surface area contributed by atoms with Crippen molar-refractivity contribution < 1.29 is 4.79 Å². The number of carbonyl (C=O) groups excluding carboxylic acids is 1. The summed E-state index contributed by atoms with van der Waals surface area (Å²) in [6.07, 6.45) is 0. The standard InChI is InChI=1S/C21H21Cl2N3O2/c1-13(2)11-26-20(27)17-7-5-4-6-16(17)19(24-26)21(28)25(3)12-14-8-9-15(22)10-18(14)23/h4-10,13H,11-12H2,1-3H3. The van der Waals surface area contributed by atoms with E-state index in [9.17, 15) is 9.59 Å². The number of carbonyl (C=O) groups is 1. The minimum absolute atomic E-state index is 0.191. The minimum Gasteiger partial charge on any atom is -0.336 e. The molecule has 0 radical (unpaired) electrons. The monoisotopic (exact) mass is 417 g/mol. The maximum absolute atomic E-state index is 13.2. The van der Waals surface area contributed by atoms with Gasteiger partial charge in [-0.25, -0.2) is 4.68 Å². The van der Waals surface area contributed by atoms with Crippen molar-refractivity contribution in [3.05, 3.63) is 74.1 Å². The third kappa shape index (κ3) is 4.21. The fourth-order valence-electron chi connectivity index (χ4n) is 3.02. The van der Waals surface area contributed by atoms with Crippen LogP contribution in [0.25, 0.3) is 10.8 Å². The van der Waals surface area contributed by atoms with Crippen LogP contribution in [0.4, 0.5) is 0 Å². The molecule has 146 valence electrons. The lowest BCUT2D eigenvalue weighted by Gasteiger charge is -2.19. The van der Waals surface area contributed by atoms with Gasteiger partial charge in [-0.1, -0.05) is 61.3 Å². The second-order valence-corrected chi connectivity index (χ2v) is 8.02. The summed E-state index contributed by atoms with van der Waals surface area (Å²) >= 11 is 12.2. The van der Waals surface area contributed by atoms with E-state index in [0.717, 1.165) is 5.56 Å². The quantitative estimate of drug-likeness (QED) is 0.607. The zero-order valence-electron chi connectivity index (χ0n) is 15.9. The Morgan fingerprint density at radius 1 is 1.14 bits per heavy atom. The van der Waals surface area contributed by atoms with Crippen LogP contribution in [0.1, 0.15) is 29.9 Å². The van der Waals surface area contributed by atoms with E-state index >= 15 is 0 Å². The van der Waals surface area contributed by atoms with Gasteiger partial charge in [-0.2, -0.15) is 5.10 Å². The summed E-state index contributed by atoms with van der Waals surface area (Å²) < 4.78 is 1.38. The van der Waals surface area contributed by atoms with Crippen LogP contribution >= 0.6 is 23.2 Å². The van der Waals surface area contributed by atoms with Gasteiger partial charge in [0.05, 0.1) is 5.39 Å². The molecule has 0 aliphatic heterocycles. The zero-order valence-corrected chi connectivity index (χ0v) is 17.5. The summed E-state index contributed by atoms with van der Waals surface area (Å²) in [6, 6.07) is 12.2. The molecule has 0 aliphatic carbocycles. The predicted octanol–water partition coefficient (Wildman–Crippen LogP) is 4.63. The third-order valence-electron chi connectivity index (χ3n) is 4.38. The van der Waals surface area contributed by atoms with E-state index in [0.29, 0.717) is 33.9 Å². The van der Waals surface area contributed by atoms with E-state index in [-0.39, 0.29) is 23.1 Å². The molecule has 0 atom stereocenters. The number of rotatable bonds is 5. The second kappa shape index (κ2) is 8.33. The van der Waals surface area contributed by atoms with Gasteiger partial charge in [0.25, 0.3) is 11.5 Å². The summed E-state index contributed by atoms with van der Waals surface area (Å²) in [7, 11) is 1.68. The lowest BCUT2D eigenvalue weighted by molar-refractivity contribution is 0.0778. The highest BCUT2D eigenvalue weighted by Crippen LogP contribution is 2.23. The molecule has 3 aromatic rings. The molecule has 0 fully saturated rings. The van der Waals surface area contributed by atoms with Crippen molar-refractivity contribution in [1.82, 2.24) is 14.7 Å². The molecule has 7 heteroatoms. The van der Waals surface area contributed by atoms with Crippen LogP contribution < -0.4 is 5.56 Å². The predicted molar refractivity (Wildman–Crippen MR) is 113 cm³/mol. The van der Waals surface area contributed by atoms with Gasteiger partial charge in [0, 0.05) is 35.6 Å². The molecule has 0 spiro atoms. The van der Waals surface area contributed by atoms with Gasteiger partial charge >= 0.3 is 0 Å². The van der Waals surface area contributed by atoms with Crippen LogP contribution in [0.3, 0.4) is 0 Å². The minimum atomic E-state index is -0.278. The first kappa shape index (κ1) is 20.4. The molecule has 0 saturated carbocycles. The van der Waals surface area contributed by atoms with Crippen molar-refractivity contribution in [3.8, 4) is 0 Å². The average Bonchev–Trinajstić information content (AvgIpc) is 2.65. The van der Waals surface area contributed by atoms with Crippen LogP contribution in [-0.2, 0) is 13.1 Å². The van der Waals surface area contributed by atoms with Gasteiger partial charge in [0.15, 0.2) is 5.69 Å². The first-order valence-corrected chi connectivity index (χ1v) is 9.72. The van der Waals surface area contributed by atoms with Gasteiger partial charge in [0.2, 0.25) is 0 Å². The molecule has 0 aliphatic rings. The summed E-state index contributed by atoms with van der Waals surface area (Å²) in [5.74, 6) is -0.0559. The Bertz CT molecular complexity index is 1090. The van der Waals surface area contributed by atoms with Crippen LogP contribution in [-0.4, -0.2) is 27.6 Å². The molecule has 5 nitrogen and oxygen atoms in total. The Balaban J connectivity index is 2.02. The van der Waals surface area contributed by atoms with Crippen molar-refractivity contribution in [3.63, 3.8) is 0 Å². The van der Waals surface area contributed by atoms with E-state index in [1.807, 2.05) is 13.8 Å². The number of aromatic nitrogens is 2. The summed E-state index contributed by atoms with van der Waals surface area (Å²) in [5, 5.41) is 6.47. The van der Waals surface area contributed by atoms with Gasteiger partial charge in [0.1, 0.15) is 0 Å². The largest absolute Gasteiger partial charge is 0.336 e. The first-order chi connectivity index (χ1) is 13.3.